The van der Waals surface area contributed by atoms with E-state index in [4.69, 9.17) is 14.5 Å². The average Bonchev–Trinajstić information content (AvgIpc) is 3.18. The number of aliphatic imine (C=N–C) groups is 2. The van der Waals surface area contributed by atoms with Gasteiger partial charge in [-0.25, -0.2) is 9.98 Å². The van der Waals surface area contributed by atoms with Crippen LogP contribution in [0.15, 0.2) is 58.5 Å². The fourth-order valence-corrected chi connectivity index (χ4v) is 3.53. The van der Waals surface area contributed by atoms with Crippen LogP contribution in [0.5, 0.6) is 0 Å². The van der Waals surface area contributed by atoms with E-state index in [0.717, 1.165) is 11.1 Å². The summed E-state index contributed by atoms with van der Waals surface area (Å²) < 4.78 is 11.7. The standard InChI is InChI=1S/C22H26N2O3/c1-20(2)13-26-18(23-20)17-12-16(15-8-6-5-7-9-15)10-11-22(17,25)19-24-21(3,4)14-27-19/h5-12,17,25H,13-14H2,1-4H3. The molecule has 0 fully saturated rings. The van der Waals surface area contributed by atoms with Crippen LogP contribution in [0.25, 0.3) is 5.57 Å². The molecule has 27 heavy (non-hydrogen) atoms. The summed E-state index contributed by atoms with van der Waals surface area (Å²) in [6, 6.07) is 10.1. The van der Waals surface area contributed by atoms with Gasteiger partial charge in [-0.3, -0.25) is 0 Å². The minimum Gasteiger partial charge on any atom is -0.478 e. The van der Waals surface area contributed by atoms with Crippen LogP contribution in [0.4, 0.5) is 0 Å². The fourth-order valence-electron chi connectivity index (χ4n) is 3.53. The van der Waals surface area contributed by atoms with Crippen LogP contribution in [0.2, 0.25) is 0 Å². The summed E-state index contributed by atoms with van der Waals surface area (Å²) in [5, 5.41) is 11.6. The zero-order chi connectivity index (χ0) is 19.3. The third-order valence-electron chi connectivity index (χ3n) is 5.01. The Morgan fingerprint density at radius 1 is 0.963 bits per heavy atom. The van der Waals surface area contributed by atoms with Gasteiger partial charge in [0, 0.05) is 0 Å². The zero-order valence-corrected chi connectivity index (χ0v) is 16.3. The molecule has 0 radical (unpaired) electrons. The Morgan fingerprint density at radius 2 is 1.63 bits per heavy atom. The van der Waals surface area contributed by atoms with Gasteiger partial charge in [0.15, 0.2) is 11.5 Å². The van der Waals surface area contributed by atoms with Gasteiger partial charge in [-0.05, 0) is 44.9 Å². The Balaban J connectivity index is 1.79. The van der Waals surface area contributed by atoms with Gasteiger partial charge < -0.3 is 14.6 Å². The summed E-state index contributed by atoms with van der Waals surface area (Å²) in [5.41, 5.74) is 0.0124. The Hall–Kier alpha value is -2.40. The van der Waals surface area contributed by atoms with Gasteiger partial charge in [0.05, 0.1) is 17.0 Å². The number of hydrogen-bond donors (Lipinski definition) is 1. The van der Waals surface area contributed by atoms with Crippen LogP contribution in [-0.2, 0) is 9.47 Å². The van der Waals surface area contributed by atoms with Gasteiger partial charge in [-0.2, -0.15) is 0 Å². The minimum atomic E-state index is -1.41. The first kappa shape index (κ1) is 18.0. The van der Waals surface area contributed by atoms with Gasteiger partial charge in [-0.1, -0.05) is 42.5 Å². The quantitative estimate of drug-likeness (QED) is 0.892. The number of hydrogen-bond acceptors (Lipinski definition) is 5. The van der Waals surface area contributed by atoms with Crippen LogP contribution >= 0.6 is 0 Å². The van der Waals surface area contributed by atoms with Crippen LogP contribution in [0.1, 0.15) is 33.3 Å². The summed E-state index contributed by atoms with van der Waals surface area (Å²) in [5.74, 6) is 0.358. The first-order chi connectivity index (χ1) is 12.7. The lowest BCUT2D eigenvalue weighted by Crippen LogP contribution is -2.48. The molecule has 0 spiro atoms. The van der Waals surface area contributed by atoms with Crippen molar-refractivity contribution in [3.63, 3.8) is 0 Å². The summed E-state index contributed by atoms with van der Waals surface area (Å²) in [4.78, 5) is 9.35. The van der Waals surface area contributed by atoms with Crippen molar-refractivity contribution in [3.05, 3.63) is 54.1 Å². The van der Waals surface area contributed by atoms with Crippen LogP contribution in [-0.4, -0.2) is 46.8 Å². The summed E-state index contributed by atoms with van der Waals surface area (Å²) >= 11 is 0. The topological polar surface area (TPSA) is 63.4 Å². The van der Waals surface area contributed by atoms with E-state index in [1.807, 2.05) is 70.2 Å². The predicted molar refractivity (Wildman–Crippen MR) is 107 cm³/mol. The molecule has 3 aliphatic rings. The molecule has 4 rings (SSSR count). The van der Waals surface area contributed by atoms with E-state index in [2.05, 4.69) is 4.99 Å². The van der Waals surface area contributed by atoms with E-state index in [-0.39, 0.29) is 11.1 Å². The second kappa shape index (κ2) is 6.06. The molecule has 5 nitrogen and oxygen atoms in total. The lowest BCUT2D eigenvalue weighted by atomic mass is 9.79. The Labute approximate surface area is 160 Å². The minimum absolute atomic E-state index is 0.310. The molecule has 0 amide bonds. The van der Waals surface area contributed by atoms with Crippen molar-refractivity contribution in [2.45, 2.75) is 44.4 Å². The largest absolute Gasteiger partial charge is 0.478 e. The van der Waals surface area contributed by atoms with Gasteiger partial charge in [0.2, 0.25) is 5.90 Å². The van der Waals surface area contributed by atoms with Gasteiger partial charge in [0.25, 0.3) is 0 Å². The molecule has 1 aromatic carbocycles. The maximum atomic E-state index is 11.6. The van der Waals surface area contributed by atoms with Crippen molar-refractivity contribution in [2.75, 3.05) is 13.2 Å². The molecular formula is C22H26N2O3. The fraction of sp³-hybridized carbons (Fsp3) is 0.455. The summed E-state index contributed by atoms with van der Waals surface area (Å²) in [7, 11) is 0. The van der Waals surface area contributed by atoms with E-state index in [9.17, 15) is 5.11 Å². The first-order valence-electron chi connectivity index (χ1n) is 9.33. The molecule has 0 saturated heterocycles. The molecular weight excluding hydrogens is 340 g/mol. The number of allylic oxidation sites excluding steroid dienone is 2. The molecule has 2 unspecified atom stereocenters. The lowest BCUT2D eigenvalue weighted by molar-refractivity contribution is 0.101. The maximum absolute atomic E-state index is 11.6. The van der Waals surface area contributed by atoms with E-state index in [1.165, 1.54) is 0 Å². The second-order valence-electron chi connectivity index (χ2n) is 8.69. The van der Waals surface area contributed by atoms with E-state index in [0.29, 0.717) is 25.0 Å². The van der Waals surface area contributed by atoms with E-state index >= 15 is 0 Å². The second-order valence-corrected chi connectivity index (χ2v) is 8.69. The van der Waals surface area contributed by atoms with Crippen molar-refractivity contribution in [1.29, 1.82) is 0 Å². The van der Waals surface area contributed by atoms with Crippen molar-refractivity contribution >= 4 is 17.4 Å². The zero-order valence-electron chi connectivity index (χ0n) is 16.3. The van der Waals surface area contributed by atoms with Crippen LogP contribution < -0.4 is 0 Å². The number of nitrogens with zero attached hydrogens (tertiary/aromatic N) is 2. The SMILES string of the molecule is CC1(C)COC(C2C=C(c3ccccc3)C=CC2(O)C2=NC(C)(C)CO2)=N1. The number of rotatable bonds is 3. The number of aliphatic hydroxyl groups is 1. The van der Waals surface area contributed by atoms with E-state index < -0.39 is 11.5 Å². The Kier molecular flexibility index (Phi) is 4.04. The number of ether oxygens (including phenoxy) is 2. The molecule has 142 valence electrons. The molecule has 1 aromatic rings. The van der Waals surface area contributed by atoms with Crippen molar-refractivity contribution in [2.24, 2.45) is 15.9 Å². The molecule has 5 heteroatoms. The molecule has 1 N–H and O–H groups in total. The first-order valence-corrected chi connectivity index (χ1v) is 9.33. The molecule has 0 bridgehead atoms. The highest BCUT2D eigenvalue weighted by Crippen LogP contribution is 2.38. The van der Waals surface area contributed by atoms with Gasteiger partial charge >= 0.3 is 0 Å². The van der Waals surface area contributed by atoms with Crippen molar-refractivity contribution < 1.29 is 14.6 Å². The Morgan fingerprint density at radius 3 is 2.22 bits per heavy atom. The molecule has 2 heterocycles. The molecule has 0 aromatic heterocycles. The lowest BCUT2D eigenvalue weighted by Gasteiger charge is -2.33. The van der Waals surface area contributed by atoms with Crippen molar-refractivity contribution in [3.8, 4) is 0 Å². The van der Waals surface area contributed by atoms with Gasteiger partial charge in [0.1, 0.15) is 13.2 Å². The highest BCUT2D eigenvalue weighted by Gasteiger charge is 2.50. The Bertz CT molecular complexity index is 865. The van der Waals surface area contributed by atoms with Crippen LogP contribution in [0.3, 0.4) is 0 Å². The predicted octanol–water partition coefficient (Wildman–Crippen LogP) is 3.40. The molecule has 1 aliphatic carbocycles. The summed E-state index contributed by atoms with van der Waals surface area (Å²) in [6.45, 7) is 8.95. The number of benzene rings is 1. The van der Waals surface area contributed by atoms with Crippen LogP contribution in [0, 0.1) is 5.92 Å². The van der Waals surface area contributed by atoms with Crippen molar-refractivity contribution in [1.82, 2.24) is 0 Å². The molecule has 2 aliphatic heterocycles. The smallest absolute Gasteiger partial charge is 0.222 e. The molecule has 2 atom stereocenters. The van der Waals surface area contributed by atoms with Gasteiger partial charge in [-0.15, -0.1) is 0 Å². The summed E-state index contributed by atoms with van der Waals surface area (Å²) in [6.07, 6.45) is 5.69. The highest BCUT2D eigenvalue weighted by molar-refractivity contribution is 6.00. The monoisotopic (exact) mass is 366 g/mol. The maximum Gasteiger partial charge on any atom is 0.222 e. The third kappa shape index (κ3) is 3.32. The normalized spacial score (nSPS) is 30.9. The average molecular weight is 366 g/mol. The molecule has 0 saturated carbocycles. The highest BCUT2D eigenvalue weighted by atomic mass is 16.5. The van der Waals surface area contributed by atoms with E-state index in [1.54, 1.807) is 6.08 Å². The third-order valence-corrected chi connectivity index (χ3v) is 5.01.